The van der Waals surface area contributed by atoms with Crippen molar-refractivity contribution in [3.8, 4) is 17.2 Å². The normalized spacial score (nSPS) is 11.7. The number of carbonyl (C=O) groups is 3. The Balaban J connectivity index is 0.000000175. The molecule has 568 valence electrons. The fraction of sp³-hybridized carbons (Fsp3) is 0.294. The zero-order chi connectivity index (χ0) is 77.7. The van der Waals surface area contributed by atoms with Crippen molar-refractivity contribution in [2.24, 2.45) is 0 Å². The highest BCUT2D eigenvalue weighted by Crippen LogP contribution is 2.34. The molecule has 0 amide bonds. The number of ether oxygens (including phenoxy) is 5. The third-order valence-electron chi connectivity index (χ3n) is 17.7. The maximum absolute atomic E-state index is 13.6. The van der Waals surface area contributed by atoms with Crippen LogP contribution in [0.25, 0.3) is 33.1 Å². The number of rotatable bonds is 28. The molecule has 9 aromatic carbocycles. The summed E-state index contributed by atoms with van der Waals surface area (Å²) in [6.45, 7) is 11.0. The number of para-hydroxylation sites is 6. The molecular weight excluding hydrogens is 1580 g/mol. The van der Waals surface area contributed by atoms with Gasteiger partial charge in [0.25, 0.3) is 0 Å². The van der Waals surface area contributed by atoms with E-state index in [-0.39, 0.29) is 73.0 Å². The van der Waals surface area contributed by atoms with Gasteiger partial charge in [-0.2, -0.15) is 0 Å². The molecule has 3 unspecified atom stereocenters. The Labute approximate surface area is 656 Å². The molecule has 108 heavy (non-hydrogen) atoms. The molecule has 0 radical (unpaired) electrons. The van der Waals surface area contributed by atoms with Crippen LogP contribution in [0.3, 0.4) is 0 Å². The van der Waals surface area contributed by atoms with E-state index in [4.69, 9.17) is 28.8 Å². The molecule has 23 heteroatoms. The first kappa shape index (κ1) is 84.1. The van der Waals surface area contributed by atoms with E-state index in [0.717, 1.165) is 100 Å². The Morgan fingerprint density at radius 1 is 0.426 bits per heavy atom. The maximum atomic E-state index is 13.6. The summed E-state index contributed by atoms with van der Waals surface area (Å²) in [6.07, 6.45) is 4.98. The SMILES string of the molecule is CCCC(CC(=O)O)n1c(=O)n(Cc2cc(Br)ccc2OC)c2ccccc21.CCCC(CC(=O)OCC)n1c(=O)[nH]c2ccccc21.CCCC(CC(=O)OCC)n1c(=O)n(Cc2cc(Br)ccc2OC)c2ccccc21.COc1ccc(Br)cc1CO.c1ccc(P(c2ccccc2)c2ccccc2)cc1. The van der Waals surface area contributed by atoms with Crippen LogP contribution in [-0.2, 0) is 43.6 Å². The number of benzene rings is 9. The molecule has 12 aromatic rings. The van der Waals surface area contributed by atoms with E-state index in [1.165, 1.54) is 15.9 Å². The Hall–Kier alpha value is -9.57. The van der Waals surface area contributed by atoms with Crippen LogP contribution < -0.4 is 47.2 Å². The minimum atomic E-state index is -0.907. The molecule has 0 aliphatic rings. The molecule has 0 saturated carbocycles. The molecule has 3 atom stereocenters. The predicted octanol–water partition coefficient (Wildman–Crippen LogP) is 17.4. The lowest BCUT2D eigenvalue weighted by atomic mass is 10.1. The highest BCUT2D eigenvalue weighted by Gasteiger charge is 2.27. The molecule has 0 saturated heterocycles. The number of esters is 2. The molecule has 0 spiro atoms. The Morgan fingerprint density at radius 2 is 0.759 bits per heavy atom. The highest BCUT2D eigenvalue weighted by atomic mass is 79.9. The molecular formula is C85H94Br3N6O13P. The van der Waals surface area contributed by atoms with Gasteiger partial charge < -0.3 is 38.9 Å². The average Bonchev–Trinajstić information content (AvgIpc) is 1.62. The van der Waals surface area contributed by atoms with Gasteiger partial charge in [0, 0.05) is 48.2 Å². The van der Waals surface area contributed by atoms with E-state index < -0.39 is 13.9 Å². The molecule has 3 heterocycles. The molecule has 12 rings (SSSR count). The number of H-pyrrole nitrogens is 1. The lowest BCUT2D eigenvalue weighted by molar-refractivity contribution is -0.145. The number of methoxy groups -OCH3 is 3. The number of aliphatic carboxylic acids is 1. The second-order valence-corrected chi connectivity index (χ2v) is 30.1. The summed E-state index contributed by atoms with van der Waals surface area (Å²) in [7, 11) is 4.36. The van der Waals surface area contributed by atoms with Crippen LogP contribution in [-0.4, -0.2) is 90.5 Å². The van der Waals surface area contributed by atoms with E-state index in [0.29, 0.717) is 44.9 Å². The summed E-state index contributed by atoms with van der Waals surface area (Å²) in [6, 6.07) is 71.2. The van der Waals surface area contributed by atoms with E-state index in [9.17, 15) is 33.9 Å². The predicted molar refractivity (Wildman–Crippen MR) is 443 cm³/mol. The van der Waals surface area contributed by atoms with Gasteiger partial charge in [-0.1, -0.05) is 215 Å². The Kier molecular flexibility index (Phi) is 33.3. The van der Waals surface area contributed by atoms with Gasteiger partial charge in [-0.05, 0) is 148 Å². The highest BCUT2D eigenvalue weighted by molar-refractivity contribution is 9.11. The quantitative estimate of drug-likeness (QED) is 0.0306. The number of aromatic nitrogens is 6. The number of aliphatic hydroxyl groups is 1. The topological polar surface area (TPSA) is 229 Å². The first-order chi connectivity index (χ1) is 52.3. The molecule has 19 nitrogen and oxygen atoms in total. The minimum Gasteiger partial charge on any atom is -0.496 e. The number of carboxylic acids is 1. The summed E-state index contributed by atoms with van der Waals surface area (Å²) in [5.41, 5.74) is 6.85. The van der Waals surface area contributed by atoms with Gasteiger partial charge in [-0.15, -0.1) is 0 Å². The van der Waals surface area contributed by atoms with Gasteiger partial charge in [-0.25, -0.2) is 14.4 Å². The molecule has 0 aliphatic carbocycles. The number of imidazole rings is 3. The van der Waals surface area contributed by atoms with Crippen molar-refractivity contribution in [1.82, 2.24) is 27.8 Å². The van der Waals surface area contributed by atoms with Crippen molar-refractivity contribution in [2.45, 2.75) is 130 Å². The van der Waals surface area contributed by atoms with E-state index in [1.54, 1.807) is 58.0 Å². The van der Waals surface area contributed by atoms with Gasteiger partial charge in [0.2, 0.25) is 0 Å². The van der Waals surface area contributed by atoms with Crippen LogP contribution >= 0.6 is 55.7 Å². The smallest absolute Gasteiger partial charge is 0.329 e. The fourth-order valence-electron chi connectivity index (χ4n) is 13.0. The zero-order valence-electron chi connectivity index (χ0n) is 62.1. The van der Waals surface area contributed by atoms with Gasteiger partial charge in [0.1, 0.15) is 17.2 Å². The van der Waals surface area contributed by atoms with E-state index in [1.807, 2.05) is 141 Å². The lowest BCUT2D eigenvalue weighted by Gasteiger charge is -2.18. The van der Waals surface area contributed by atoms with Gasteiger partial charge >= 0.3 is 35.0 Å². The van der Waals surface area contributed by atoms with Gasteiger partial charge in [0.05, 0.1) is 107 Å². The molecule has 3 aromatic heterocycles. The number of fused-ring (bicyclic) bond motifs is 3. The summed E-state index contributed by atoms with van der Waals surface area (Å²) in [4.78, 5) is 77.2. The molecule has 0 aliphatic heterocycles. The van der Waals surface area contributed by atoms with E-state index >= 15 is 0 Å². The number of halogens is 3. The third-order valence-corrected chi connectivity index (χ3v) is 21.7. The van der Waals surface area contributed by atoms with Crippen LogP contribution in [0.4, 0.5) is 0 Å². The summed E-state index contributed by atoms with van der Waals surface area (Å²) < 4.78 is 37.4. The van der Waals surface area contributed by atoms with Crippen molar-refractivity contribution >= 4 is 123 Å². The second kappa shape index (κ2) is 42.8. The summed E-state index contributed by atoms with van der Waals surface area (Å²) >= 11 is 10.3. The number of hydrogen-bond donors (Lipinski definition) is 3. The van der Waals surface area contributed by atoms with Gasteiger partial charge in [-0.3, -0.25) is 37.2 Å². The lowest BCUT2D eigenvalue weighted by Crippen LogP contribution is -2.29. The molecule has 0 bridgehead atoms. The van der Waals surface area contributed by atoms with Crippen molar-refractivity contribution in [1.29, 1.82) is 0 Å². The number of carboxylic acid groups (broad SMARTS) is 1. The first-order valence-electron chi connectivity index (χ1n) is 36.0. The number of carbonyl (C=O) groups excluding carboxylic acids is 2. The maximum Gasteiger partial charge on any atom is 0.329 e. The van der Waals surface area contributed by atoms with Crippen molar-refractivity contribution in [2.75, 3.05) is 34.5 Å². The molecule has 3 N–H and O–H groups in total. The van der Waals surface area contributed by atoms with Crippen LogP contribution in [0.2, 0.25) is 0 Å². The number of aromatic amines is 1. The Bertz CT molecular complexity index is 4970. The zero-order valence-corrected chi connectivity index (χ0v) is 67.8. The number of nitrogens with zero attached hydrogens (tertiary/aromatic N) is 5. The fourth-order valence-corrected chi connectivity index (χ4v) is 16.6. The van der Waals surface area contributed by atoms with Crippen molar-refractivity contribution < 1.29 is 48.3 Å². The van der Waals surface area contributed by atoms with Gasteiger partial charge in [0.15, 0.2) is 0 Å². The first-order valence-corrected chi connectivity index (χ1v) is 39.7. The number of aliphatic hydroxyl groups excluding tert-OH is 1. The Morgan fingerprint density at radius 3 is 1.12 bits per heavy atom. The molecule has 0 fully saturated rings. The number of hydrogen-bond acceptors (Lipinski definition) is 12. The third kappa shape index (κ3) is 22.5. The summed E-state index contributed by atoms with van der Waals surface area (Å²) in [5.74, 6) is 0.684. The van der Waals surface area contributed by atoms with Crippen LogP contribution in [0, 0.1) is 0 Å². The van der Waals surface area contributed by atoms with Crippen LogP contribution in [0.5, 0.6) is 17.2 Å². The minimum absolute atomic E-state index is 0.00259. The van der Waals surface area contributed by atoms with Crippen LogP contribution in [0.1, 0.15) is 127 Å². The number of nitrogens with one attached hydrogen (secondary N) is 1. The summed E-state index contributed by atoms with van der Waals surface area (Å²) in [5, 5.41) is 22.4. The largest absolute Gasteiger partial charge is 0.496 e. The standard InChI is InChI=1S/C23H27BrN2O4.C21H23BrN2O4.C18H15P.C15H20N2O3.C8H9BrO2/c1-4-8-18(14-22(27)30-5-2)26-20-10-7-6-9-19(20)25(23(26)28)15-16-13-17(24)11-12-21(16)29-3;1-3-6-16(12-20(25)26)24-18-8-5-4-7-17(18)23(21(24)27)13-14-11-15(22)9-10-19(14)28-2;1-4-10-16(11-5-1)19(17-12-6-2-7-13-17)18-14-8-3-9-15-18;1-3-7-11(10-14(18)20-4-2)17-13-9-6-5-8-12(13)16-15(17)19;1-11-8-3-2-7(9)4-6(8)5-10/h6-7,9-13,18H,4-5,8,14-15H2,1-3H3;4-5,7-11,16H,3,6,12-13H2,1-2H3,(H,25,26);1-15H;5-6,8-9,11H,3-4,7,10H2,1-2H3,(H,16,19);2-4,10H,5H2,1H3. The average molecular weight is 1680 g/mol. The second-order valence-electron chi connectivity index (χ2n) is 25.1. The monoisotopic (exact) mass is 1670 g/mol. The van der Waals surface area contributed by atoms with Crippen LogP contribution in [0.15, 0.2) is 246 Å². The van der Waals surface area contributed by atoms with Crippen molar-refractivity contribution in [3.05, 3.63) is 280 Å². The van der Waals surface area contributed by atoms with E-state index in [2.05, 4.69) is 151 Å². The van der Waals surface area contributed by atoms with Crippen molar-refractivity contribution in [3.63, 3.8) is 0 Å².